The zero-order valence-electron chi connectivity index (χ0n) is 9.69. The molecule has 7 heteroatoms. The summed E-state index contributed by atoms with van der Waals surface area (Å²) < 4.78 is 9.31. The van der Waals surface area contributed by atoms with Gasteiger partial charge in [0.15, 0.2) is 0 Å². The molecule has 0 aromatic rings. The van der Waals surface area contributed by atoms with Gasteiger partial charge >= 0.3 is 5.97 Å². The van der Waals surface area contributed by atoms with Crippen LogP contribution in [0.25, 0.3) is 0 Å². The fraction of sp³-hybridized carbons (Fsp3) is 0.778. The Balaban J connectivity index is 4.27. The molecule has 2 atom stereocenters. The smallest absolute Gasteiger partial charge is 0.329 e. The molecule has 0 saturated heterocycles. The third-order valence-corrected chi connectivity index (χ3v) is 2.49. The molecule has 0 rings (SSSR count). The summed E-state index contributed by atoms with van der Waals surface area (Å²) in [5.74, 6) is -0.461. The molecule has 0 aromatic carbocycles. The number of methoxy groups -OCH3 is 2. The van der Waals surface area contributed by atoms with Crippen molar-refractivity contribution in [1.82, 2.24) is 5.32 Å². The maximum Gasteiger partial charge on any atom is 0.329 e. The molecule has 0 aliphatic heterocycles. The first-order chi connectivity index (χ1) is 7.56. The molecule has 0 heterocycles. The molecule has 0 radical (unpaired) electrons. The summed E-state index contributed by atoms with van der Waals surface area (Å²) in [4.78, 5) is 22.8. The van der Waals surface area contributed by atoms with Gasteiger partial charge in [0.05, 0.1) is 13.7 Å². The molecule has 16 heavy (non-hydrogen) atoms. The second-order valence-electron chi connectivity index (χ2n) is 3.10. The van der Waals surface area contributed by atoms with E-state index in [9.17, 15) is 9.59 Å². The fourth-order valence-electron chi connectivity index (χ4n) is 1.01. The summed E-state index contributed by atoms with van der Waals surface area (Å²) in [7, 11) is 2.73. The second-order valence-corrected chi connectivity index (χ2v) is 4.01. The van der Waals surface area contributed by atoms with Gasteiger partial charge in [-0.15, -0.1) is 0 Å². The van der Waals surface area contributed by atoms with E-state index in [-0.39, 0.29) is 6.61 Å². The van der Waals surface area contributed by atoms with Crippen LogP contribution in [0.15, 0.2) is 0 Å². The molecule has 0 aromatic heterocycles. The highest BCUT2D eigenvalue weighted by Gasteiger charge is 2.23. The van der Waals surface area contributed by atoms with Gasteiger partial charge in [-0.1, -0.05) is 0 Å². The lowest BCUT2D eigenvalue weighted by atomic mass is 10.2. The number of carbonyl (C=O) groups is 2. The van der Waals surface area contributed by atoms with Gasteiger partial charge in [-0.2, -0.15) is 11.8 Å². The van der Waals surface area contributed by atoms with Crippen LogP contribution in [0.5, 0.6) is 0 Å². The van der Waals surface area contributed by atoms with Gasteiger partial charge in [-0.3, -0.25) is 4.79 Å². The van der Waals surface area contributed by atoms with Gasteiger partial charge < -0.3 is 20.5 Å². The number of hydrogen-bond acceptors (Lipinski definition) is 6. The Morgan fingerprint density at radius 1 is 1.44 bits per heavy atom. The van der Waals surface area contributed by atoms with Gasteiger partial charge in [-0.05, 0) is 6.26 Å². The predicted molar refractivity (Wildman–Crippen MR) is 62.2 cm³/mol. The zero-order chi connectivity index (χ0) is 12.6. The van der Waals surface area contributed by atoms with Gasteiger partial charge in [-0.25, -0.2) is 4.79 Å². The number of hydrogen-bond donors (Lipinski definition) is 2. The summed E-state index contributed by atoms with van der Waals surface area (Å²) in [5.41, 5.74) is 5.52. The van der Waals surface area contributed by atoms with Crippen molar-refractivity contribution in [2.24, 2.45) is 5.73 Å². The minimum absolute atomic E-state index is 0.110. The summed E-state index contributed by atoms with van der Waals surface area (Å²) in [6.45, 7) is 0.110. The first kappa shape index (κ1) is 15.2. The predicted octanol–water partition coefficient (Wildman–Crippen LogP) is -1.02. The molecular formula is C9H18N2O4S. The maximum absolute atomic E-state index is 11.5. The highest BCUT2D eigenvalue weighted by atomic mass is 32.2. The van der Waals surface area contributed by atoms with Gasteiger partial charge in [0.25, 0.3) is 0 Å². The van der Waals surface area contributed by atoms with Gasteiger partial charge in [0.2, 0.25) is 5.91 Å². The van der Waals surface area contributed by atoms with Crippen molar-refractivity contribution in [2.75, 3.05) is 32.8 Å². The minimum atomic E-state index is -0.779. The lowest BCUT2D eigenvalue weighted by Crippen LogP contribution is -2.51. The maximum atomic E-state index is 11.5. The zero-order valence-corrected chi connectivity index (χ0v) is 10.5. The highest BCUT2D eigenvalue weighted by Crippen LogP contribution is 1.99. The molecule has 94 valence electrons. The number of carbonyl (C=O) groups excluding carboxylic acids is 2. The third-order valence-electron chi connectivity index (χ3n) is 1.82. The van der Waals surface area contributed by atoms with Crippen molar-refractivity contribution in [2.45, 2.75) is 12.1 Å². The topological polar surface area (TPSA) is 90.6 Å². The first-order valence-electron chi connectivity index (χ1n) is 4.68. The molecule has 0 aliphatic carbocycles. The Kier molecular flexibility index (Phi) is 7.96. The molecule has 3 N–H and O–H groups in total. The van der Waals surface area contributed by atoms with E-state index in [1.54, 1.807) is 0 Å². The molecule has 0 bridgehead atoms. The summed E-state index contributed by atoms with van der Waals surface area (Å²) in [6, 6.07) is -1.45. The van der Waals surface area contributed by atoms with Crippen molar-refractivity contribution < 1.29 is 19.1 Å². The van der Waals surface area contributed by atoms with E-state index >= 15 is 0 Å². The van der Waals surface area contributed by atoms with E-state index in [4.69, 9.17) is 10.5 Å². The lowest BCUT2D eigenvalue weighted by Gasteiger charge is -2.17. The van der Waals surface area contributed by atoms with Crippen LogP contribution >= 0.6 is 11.8 Å². The Morgan fingerprint density at radius 2 is 2.06 bits per heavy atom. The number of nitrogens with one attached hydrogen (secondary N) is 1. The number of ether oxygens (including phenoxy) is 2. The number of rotatable bonds is 7. The van der Waals surface area contributed by atoms with E-state index < -0.39 is 24.0 Å². The van der Waals surface area contributed by atoms with Crippen molar-refractivity contribution in [3.8, 4) is 0 Å². The van der Waals surface area contributed by atoms with Crippen LogP contribution in [0.1, 0.15) is 0 Å². The van der Waals surface area contributed by atoms with E-state index in [0.29, 0.717) is 5.75 Å². The monoisotopic (exact) mass is 250 g/mol. The molecule has 0 aliphatic rings. The second kappa shape index (κ2) is 8.37. The lowest BCUT2D eigenvalue weighted by molar-refractivity contribution is -0.144. The van der Waals surface area contributed by atoms with Crippen LogP contribution in [0.3, 0.4) is 0 Å². The number of nitrogens with two attached hydrogens (primary N) is 1. The molecular weight excluding hydrogens is 232 g/mol. The van der Waals surface area contributed by atoms with Crippen molar-refractivity contribution in [3.05, 3.63) is 0 Å². The Hall–Kier alpha value is -0.790. The molecule has 0 saturated carbocycles. The standard InChI is InChI=1S/C9H18N2O4S/c1-14-4-6(10)8(12)11-7(5-16-3)9(13)15-2/h6-7H,4-5,10H2,1-3H3,(H,11,12)/t6-,7+/m0/s1. The largest absolute Gasteiger partial charge is 0.467 e. The van der Waals surface area contributed by atoms with Crippen molar-refractivity contribution in [1.29, 1.82) is 0 Å². The van der Waals surface area contributed by atoms with E-state index in [2.05, 4.69) is 10.1 Å². The molecule has 0 spiro atoms. The van der Waals surface area contributed by atoms with Crippen LogP contribution in [-0.4, -0.2) is 56.8 Å². The summed E-state index contributed by atoms with van der Waals surface area (Å²) in [5, 5.41) is 2.51. The SMILES string of the molecule is COC[C@H](N)C(=O)N[C@H](CSC)C(=O)OC. The first-order valence-corrected chi connectivity index (χ1v) is 6.07. The van der Waals surface area contributed by atoms with Gasteiger partial charge in [0, 0.05) is 12.9 Å². The van der Waals surface area contributed by atoms with Crippen LogP contribution in [0.4, 0.5) is 0 Å². The van der Waals surface area contributed by atoms with Crippen molar-refractivity contribution in [3.63, 3.8) is 0 Å². The summed E-state index contributed by atoms with van der Waals surface area (Å²) >= 11 is 1.43. The van der Waals surface area contributed by atoms with Crippen molar-refractivity contribution >= 4 is 23.6 Å². The van der Waals surface area contributed by atoms with E-state index in [1.807, 2.05) is 6.26 Å². The summed E-state index contributed by atoms with van der Waals surface area (Å²) in [6.07, 6.45) is 1.83. The molecule has 1 amide bonds. The third kappa shape index (κ3) is 5.34. The van der Waals surface area contributed by atoms with Gasteiger partial charge in [0.1, 0.15) is 12.1 Å². The molecule has 0 unspecified atom stereocenters. The number of amides is 1. The van der Waals surface area contributed by atoms with Crippen LogP contribution in [0, 0.1) is 0 Å². The minimum Gasteiger partial charge on any atom is -0.467 e. The van der Waals surface area contributed by atoms with Crippen LogP contribution in [0.2, 0.25) is 0 Å². The fourth-order valence-corrected chi connectivity index (χ4v) is 1.56. The highest BCUT2D eigenvalue weighted by molar-refractivity contribution is 7.98. The molecule has 0 fully saturated rings. The number of thioether (sulfide) groups is 1. The average molecular weight is 250 g/mol. The Bertz CT molecular complexity index is 238. The number of esters is 1. The molecule has 6 nitrogen and oxygen atoms in total. The Morgan fingerprint density at radius 3 is 2.50 bits per heavy atom. The quantitative estimate of drug-likeness (QED) is 0.562. The average Bonchev–Trinajstić information content (AvgIpc) is 2.27. The van der Waals surface area contributed by atoms with Crippen LogP contribution < -0.4 is 11.1 Å². The van der Waals surface area contributed by atoms with E-state index in [0.717, 1.165) is 0 Å². The Labute approximate surface area is 99.2 Å². The normalized spacial score (nSPS) is 14.0. The van der Waals surface area contributed by atoms with Crippen LogP contribution in [-0.2, 0) is 19.1 Å². The van der Waals surface area contributed by atoms with E-state index in [1.165, 1.54) is 26.0 Å².